The maximum Gasteiger partial charge on any atom is 0.479 e. The van der Waals surface area contributed by atoms with Crippen LogP contribution in [-0.4, -0.2) is 32.7 Å². The lowest BCUT2D eigenvalue weighted by Crippen LogP contribution is -2.15. The van der Waals surface area contributed by atoms with Crippen LogP contribution in [0.1, 0.15) is 19.3 Å². The topological polar surface area (TPSA) is 44.8 Å². The fourth-order valence-electron chi connectivity index (χ4n) is 0.910. The molecule has 0 aliphatic heterocycles. The summed E-state index contributed by atoms with van der Waals surface area (Å²) in [5.41, 5.74) is -2.50. The third kappa shape index (κ3) is 11.0. The highest BCUT2D eigenvalue weighted by atomic mass is 79.9. The standard InChI is InChI=1S/C9H15Br3Cl3O4P/c10-4-1-7(13)17-20(16,18-8(14)2-5-11)19-9(15)3-6-12/h7-9H,1-6H2. The average Bonchev–Trinajstić information content (AvgIpc) is 2.28. The number of phosphoric ester groups is 1. The molecule has 0 radical (unpaired) electrons. The first-order valence-corrected chi connectivity index (χ1v) is 11.8. The summed E-state index contributed by atoms with van der Waals surface area (Å²) in [6, 6.07) is 0. The van der Waals surface area contributed by atoms with Gasteiger partial charge in [0.1, 0.15) is 16.7 Å². The first-order valence-electron chi connectivity index (χ1n) is 5.62. The molecule has 0 aliphatic rings. The van der Waals surface area contributed by atoms with E-state index in [4.69, 9.17) is 48.4 Å². The summed E-state index contributed by atoms with van der Waals surface area (Å²) in [6.45, 7) is 0. The van der Waals surface area contributed by atoms with E-state index in [1.807, 2.05) is 0 Å². The van der Waals surface area contributed by atoms with Crippen molar-refractivity contribution in [2.75, 3.05) is 16.0 Å². The van der Waals surface area contributed by atoms with E-state index in [-0.39, 0.29) is 0 Å². The van der Waals surface area contributed by atoms with Crippen molar-refractivity contribution in [3.8, 4) is 0 Å². The number of halogens is 6. The van der Waals surface area contributed by atoms with Gasteiger partial charge in [-0.15, -0.1) is 0 Å². The van der Waals surface area contributed by atoms with Crippen molar-refractivity contribution in [1.82, 2.24) is 0 Å². The van der Waals surface area contributed by atoms with Crippen molar-refractivity contribution in [3.63, 3.8) is 0 Å². The zero-order valence-electron chi connectivity index (χ0n) is 10.3. The second-order valence-electron chi connectivity index (χ2n) is 3.43. The highest BCUT2D eigenvalue weighted by Gasteiger charge is 2.35. The summed E-state index contributed by atoms with van der Waals surface area (Å²) in [5.74, 6) is 0. The zero-order chi connectivity index (χ0) is 15.6. The smallest absolute Gasteiger partial charge is 0.267 e. The van der Waals surface area contributed by atoms with Gasteiger partial charge >= 0.3 is 7.82 Å². The molecule has 0 aromatic carbocycles. The van der Waals surface area contributed by atoms with Gasteiger partial charge in [-0.3, -0.25) is 13.6 Å². The molecular weight excluding hydrogens is 549 g/mol. The van der Waals surface area contributed by atoms with Crippen LogP contribution in [-0.2, 0) is 18.1 Å². The van der Waals surface area contributed by atoms with Crippen LogP contribution in [0.5, 0.6) is 0 Å². The number of hydrogen-bond donors (Lipinski definition) is 0. The molecule has 0 spiro atoms. The second-order valence-corrected chi connectivity index (χ2v) is 8.79. The van der Waals surface area contributed by atoms with Gasteiger partial charge in [-0.1, -0.05) is 82.6 Å². The molecule has 20 heavy (non-hydrogen) atoms. The van der Waals surface area contributed by atoms with Gasteiger partial charge in [-0.25, -0.2) is 4.57 Å². The van der Waals surface area contributed by atoms with Gasteiger partial charge in [0.15, 0.2) is 0 Å². The highest BCUT2D eigenvalue weighted by molar-refractivity contribution is 9.09. The molecule has 0 aliphatic carbocycles. The van der Waals surface area contributed by atoms with Crippen LogP contribution in [0.15, 0.2) is 0 Å². The summed E-state index contributed by atoms with van der Waals surface area (Å²) >= 11 is 27.3. The molecule has 0 heterocycles. The molecule has 0 N–H and O–H groups in total. The molecule has 0 fully saturated rings. The highest BCUT2D eigenvalue weighted by Crippen LogP contribution is 2.55. The summed E-state index contributed by atoms with van der Waals surface area (Å²) in [5, 5.41) is 1.75. The molecule has 3 atom stereocenters. The number of hydrogen-bond acceptors (Lipinski definition) is 4. The van der Waals surface area contributed by atoms with E-state index in [2.05, 4.69) is 47.8 Å². The predicted octanol–water partition coefficient (Wildman–Crippen LogP) is 6.19. The average molecular weight is 564 g/mol. The second kappa shape index (κ2) is 12.8. The minimum Gasteiger partial charge on any atom is -0.267 e. The Morgan fingerprint density at radius 1 is 0.750 bits per heavy atom. The van der Waals surface area contributed by atoms with E-state index in [1.54, 1.807) is 0 Å². The number of alkyl halides is 6. The van der Waals surface area contributed by atoms with Gasteiger partial charge in [0.2, 0.25) is 0 Å². The van der Waals surface area contributed by atoms with Crippen LogP contribution < -0.4 is 0 Å². The Balaban J connectivity index is 4.69. The fraction of sp³-hybridized carbons (Fsp3) is 1.00. The van der Waals surface area contributed by atoms with Crippen molar-refractivity contribution in [2.24, 2.45) is 0 Å². The fourth-order valence-corrected chi connectivity index (χ4v) is 5.46. The Morgan fingerprint density at radius 3 is 1.20 bits per heavy atom. The third-order valence-corrected chi connectivity index (χ3v) is 5.94. The van der Waals surface area contributed by atoms with Crippen LogP contribution in [0.2, 0.25) is 0 Å². The maximum absolute atomic E-state index is 12.5. The molecule has 3 unspecified atom stereocenters. The summed E-state index contributed by atoms with van der Waals surface area (Å²) in [6.07, 6.45) is 1.28. The SMILES string of the molecule is O=P(OC(Cl)CCBr)(OC(Cl)CCBr)OC(Cl)CCBr. The summed E-state index contributed by atoms with van der Waals surface area (Å²) < 4.78 is 28.0. The molecule has 4 nitrogen and oxygen atoms in total. The van der Waals surface area contributed by atoms with E-state index in [0.717, 1.165) is 0 Å². The molecule has 11 heteroatoms. The number of rotatable bonds is 12. The first-order chi connectivity index (χ1) is 9.36. The summed E-state index contributed by atoms with van der Waals surface area (Å²) in [7, 11) is -3.94. The molecule has 0 amide bonds. The molecule has 0 aromatic rings. The summed E-state index contributed by atoms with van der Waals surface area (Å²) in [4.78, 5) is 0. The Hall–Kier alpha value is 2.42. The molecule has 0 saturated heterocycles. The van der Waals surface area contributed by atoms with E-state index >= 15 is 0 Å². The van der Waals surface area contributed by atoms with Crippen LogP contribution in [0.25, 0.3) is 0 Å². The quantitative estimate of drug-likeness (QED) is 0.210. The van der Waals surface area contributed by atoms with Gasteiger partial charge in [0, 0.05) is 16.0 Å². The van der Waals surface area contributed by atoms with Gasteiger partial charge in [-0.05, 0) is 19.3 Å². The lowest BCUT2D eigenvalue weighted by atomic mass is 10.5. The van der Waals surface area contributed by atoms with Gasteiger partial charge < -0.3 is 0 Å². The Bertz CT molecular complexity index is 261. The van der Waals surface area contributed by atoms with Gasteiger partial charge in [-0.2, -0.15) is 0 Å². The first kappa shape index (κ1) is 22.4. The van der Waals surface area contributed by atoms with Crippen LogP contribution >= 0.6 is 90.4 Å². The van der Waals surface area contributed by atoms with Crippen molar-refractivity contribution < 1.29 is 18.1 Å². The lowest BCUT2D eigenvalue weighted by Gasteiger charge is -2.24. The molecule has 0 bridgehead atoms. The zero-order valence-corrected chi connectivity index (χ0v) is 18.2. The normalized spacial score (nSPS) is 19.3. The third-order valence-electron chi connectivity index (χ3n) is 1.74. The minimum atomic E-state index is -3.94. The van der Waals surface area contributed by atoms with E-state index in [9.17, 15) is 4.57 Å². The van der Waals surface area contributed by atoms with Gasteiger partial charge in [0.25, 0.3) is 0 Å². The van der Waals surface area contributed by atoms with E-state index in [0.29, 0.717) is 35.3 Å². The Kier molecular flexibility index (Phi) is 14.3. The van der Waals surface area contributed by atoms with Crippen LogP contribution in [0.4, 0.5) is 0 Å². The lowest BCUT2D eigenvalue weighted by molar-refractivity contribution is 0.0836. The van der Waals surface area contributed by atoms with Crippen molar-refractivity contribution in [3.05, 3.63) is 0 Å². The molecule has 122 valence electrons. The van der Waals surface area contributed by atoms with Gasteiger partial charge in [0.05, 0.1) is 0 Å². The van der Waals surface area contributed by atoms with Crippen LogP contribution in [0.3, 0.4) is 0 Å². The van der Waals surface area contributed by atoms with E-state index in [1.165, 1.54) is 0 Å². The maximum atomic E-state index is 12.5. The monoisotopic (exact) mass is 560 g/mol. The van der Waals surface area contributed by atoms with E-state index < -0.39 is 24.5 Å². The molecule has 0 rings (SSSR count). The van der Waals surface area contributed by atoms with Crippen LogP contribution in [0, 0.1) is 0 Å². The number of phosphoric acid groups is 1. The van der Waals surface area contributed by atoms with Crippen molar-refractivity contribution >= 4 is 90.4 Å². The van der Waals surface area contributed by atoms with Crippen molar-refractivity contribution in [1.29, 1.82) is 0 Å². The molecule has 0 saturated carbocycles. The molecular formula is C9H15Br3Cl3O4P. The largest absolute Gasteiger partial charge is 0.479 e. The van der Waals surface area contributed by atoms with Crippen molar-refractivity contribution in [2.45, 2.75) is 36.0 Å². The minimum absolute atomic E-state index is 0.426. The Labute approximate surface area is 159 Å². The Morgan fingerprint density at radius 2 is 1.00 bits per heavy atom. The molecule has 0 aromatic heterocycles. The predicted molar refractivity (Wildman–Crippen MR) is 95.0 cm³/mol.